The van der Waals surface area contributed by atoms with Gasteiger partial charge in [0.1, 0.15) is 0 Å². The van der Waals surface area contributed by atoms with Crippen molar-refractivity contribution in [3.05, 3.63) is 30.6 Å². The van der Waals surface area contributed by atoms with Gasteiger partial charge in [-0.2, -0.15) is 0 Å². The summed E-state index contributed by atoms with van der Waals surface area (Å²) in [5.74, 6) is 0.562. The molecule has 1 heterocycles. The first-order valence-corrected chi connectivity index (χ1v) is 8.25. The number of benzene rings is 1. The van der Waals surface area contributed by atoms with Crippen LogP contribution < -0.4 is 11.1 Å². The van der Waals surface area contributed by atoms with E-state index in [1.165, 1.54) is 24.8 Å². The van der Waals surface area contributed by atoms with Crippen molar-refractivity contribution in [3.8, 4) is 0 Å². The van der Waals surface area contributed by atoms with E-state index in [0.717, 1.165) is 38.0 Å². The first-order valence-electron chi connectivity index (χ1n) is 8.25. The number of unbranched alkanes of at least 4 members (excludes halogenated alkanes) is 3. The molecule has 3 N–H and O–H groups in total. The Balaban J connectivity index is 1.66. The van der Waals surface area contributed by atoms with Crippen LogP contribution in [-0.2, 0) is 6.54 Å². The van der Waals surface area contributed by atoms with Crippen molar-refractivity contribution < 1.29 is 0 Å². The minimum Gasteiger partial charge on any atom is -0.370 e. The number of para-hydroxylation sites is 2. The van der Waals surface area contributed by atoms with Crippen LogP contribution in [0.3, 0.4) is 0 Å². The minimum absolute atomic E-state index is 0.562. The number of hydrogen-bond donors (Lipinski definition) is 2. The summed E-state index contributed by atoms with van der Waals surface area (Å²) in [5.41, 5.74) is 8.07. The quantitative estimate of drug-likeness (QED) is 0.425. The van der Waals surface area contributed by atoms with Gasteiger partial charge in [0.25, 0.3) is 0 Å². The second-order valence-electron chi connectivity index (χ2n) is 5.53. The van der Waals surface area contributed by atoms with Crippen molar-refractivity contribution in [2.75, 3.05) is 13.1 Å². The molecule has 120 valence electrons. The highest BCUT2D eigenvalue weighted by molar-refractivity contribution is 5.77. The van der Waals surface area contributed by atoms with Crippen LogP contribution in [0.1, 0.15) is 39.0 Å². The summed E-state index contributed by atoms with van der Waals surface area (Å²) in [6, 6.07) is 8.18. The number of aliphatic imine (C=N–C) groups is 1. The molecule has 0 radical (unpaired) electrons. The van der Waals surface area contributed by atoms with Crippen LogP contribution in [0.5, 0.6) is 0 Å². The topological polar surface area (TPSA) is 68.2 Å². The maximum Gasteiger partial charge on any atom is 0.188 e. The van der Waals surface area contributed by atoms with Gasteiger partial charge in [0.15, 0.2) is 5.96 Å². The summed E-state index contributed by atoms with van der Waals surface area (Å²) in [6.07, 6.45) is 7.81. The van der Waals surface area contributed by atoms with Gasteiger partial charge < -0.3 is 15.6 Å². The Hall–Kier alpha value is -2.04. The smallest absolute Gasteiger partial charge is 0.188 e. The zero-order valence-electron chi connectivity index (χ0n) is 13.5. The molecule has 5 nitrogen and oxygen atoms in total. The molecule has 0 amide bonds. The van der Waals surface area contributed by atoms with Crippen LogP contribution in [-0.4, -0.2) is 28.6 Å². The lowest BCUT2D eigenvalue weighted by molar-refractivity contribution is 0.647. The molecule has 0 atom stereocenters. The van der Waals surface area contributed by atoms with Crippen molar-refractivity contribution in [3.63, 3.8) is 0 Å². The summed E-state index contributed by atoms with van der Waals surface area (Å²) in [5, 5.41) is 3.17. The fourth-order valence-corrected chi connectivity index (χ4v) is 2.45. The number of nitrogens with one attached hydrogen (secondary N) is 1. The molecule has 0 aliphatic rings. The maximum absolute atomic E-state index is 5.86. The Morgan fingerprint density at radius 1 is 1.23 bits per heavy atom. The lowest BCUT2D eigenvalue weighted by atomic mass is 10.2. The van der Waals surface area contributed by atoms with Gasteiger partial charge in [0.05, 0.1) is 17.4 Å². The van der Waals surface area contributed by atoms with Crippen LogP contribution in [0.15, 0.2) is 35.6 Å². The fraction of sp³-hybridized carbons (Fsp3) is 0.529. The van der Waals surface area contributed by atoms with Gasteiger partial charge >= 0.3 is 0 Å². The molecule has 0 aliphatic carbocycles. The number of fused-ring (bicyclic) bond motifs is 1. The van der Waals surface area contributed by atoms with Gasteiger partial charge in [-0.15, -0.1) is 0 Å². The Bertz CT molecular complexity index is 588. The van der Waals surface area contributed by atoms with Crippen LogP contribution in [0.2, 0.25) is 0 Å². The number of hydrogen-bond acceptors (Lipinski definition) is 2. The number of imidazole rings is 1. The number of nitrogens with two attached hydrogens (primary N) is 1. The molecule has 0 bridgehead atoms. The Morgan fingerprint density at radius 2 is 2.09 bits per heavy atom. The fourth-order valence-electron chi connectivity index (χ4n) is 2.45. The molecule has 0 fully saturated rings. The van der Waals surface area contributed by atoms with Crippen molar-refractivity contribution in [1.29, 1.82) is 0 Å². The van der Waals surface area contributed by atoms with E-state index in [1.807, 2.05) is 24.5 Å². The molecule has 2 rings (SSSR count). The summed E-state index contributed by atoms with van der Waals surface area (Å²) in [6.45, 7) is 4.78. The van der Waals surface area contributed by atoms with Crippen LogP contribution >= 0.6 is 0 Å². The van der Waals surface area contributed by atoms with Gasteiger partial charge in [-0.3, -0.25) is 4.99 Å². The summed E-state index contributed by atoms with van der Waals surface area (Å²) in [7, 11) is 0. The third-order valence-corrected chi connectivity index (χ3v) is 3.70. The average molecular weight is 301 g/mol. The molecule has 0 saturated carbocycles. The highest BCUT2D eigenvalue weighted by Crippen LogP contribution is 2.11. The summed E-state index contributed by atoms with van der Waals surface area (Å²) in [4.78, 5) is 8.76. The van der Waals surface area contributed by atoms with E-state index in [-0.39, 0.29) is 0 Å². The molecular weight excluding hydrogens is 274 g/mol. The summed E-state index contributed by atoms with van der Waals surface area (Å²) >= 11 is 0. The SMILES string of the molecule is CCCCCCNC(N)=NCCCn1cnc2ccccc21. The molecule has 1 aromatic heterocycles. The molecule has 5 heteroatoms. The van der Waals surface area contributed by atoms with E-state index >= 15 is 0 Å². The van der Waals surface area contributed by atoms with Crippen molar-refractivity contribution in [2.45, 2.75) is 45.6 Å². The Labute approximate surface area is 132 Å². The zero-order valence-corrected chi connectivity index (χ0v) is 13.5. The van der Waals surface area contributed by atoms with Crippen molar-refractivity contribution >= 4 is 17.0 Å². The molecule has 0 aliphatic heterocycles. The van der Waals surface area contributed by atoms with Gasteiger partial charge in [0, 0.05) is 19.6 Å². The molecule has 1 aromatic carbocycles. The van der Waals surface area contributed by atoms with Crippen molar-refractivity contribution in [2.24, 2.45) is 10.7 Å². The van der Waals surface area contributed by atoms with Crippen LogP contribution in [0, 0.1) is 0 Å². The zero-order chi connectivity index (χ0) is 15.6. The van der Waals surface area contributed by atoms with Gasteiger partial charge in [-0.05, 0) is 25.0 Å². The number of aromatic nitrogens is 2. The monoisotopic (exact) mass is 301 g/mol. The van der Waals surface area contributed by atoms with Crippen molar-refractivity contribution in [1.82, 2.24) is 14.9 Å². The number of aryl methyl sites for hydroxylation is 1. The normalized spacial score (nSPS) is 12.0. The van der Waals surface area contributed by atoms with E-state index in [0.29, 0.717) is 5.96 Å². The largest absolute Gasteiger partial charge is 0.370 e. The van der Waals surface area contributed by atoms with E-state index in [2.05, 4.69) is 32.9 Å². The van der Waals surface area contributed by atoms with Crippen LogP contribution in [0.25, 0.3) is 11.0 Å². The lowest BCUT2D eigenvalue weighted by Crippen LogP contribution is -2.32. The summed E-state index contributed by atoms with van der Waals surface area (Å²) < 4.78 is 2.17. The first kappa shape index (κ1) is 16.3. The van der Waals surface area contributed by atoms with E-state index in [4.69, 9.17) is 5.73 Å². The van der Waals surface area contributed by atoms with E-state index < -0.39 is 0 Å². The molecule has 0 saturated heterocycles. The maximum atomic E-state index is 5.86. The van der Waals surface area contributed by atoms with Gasteiger partial charge in [-0.25, -0.2) is 4.98 Å². The van der Waals surface area contributed by atoms with Gasteiger partial charge in [-0.1, -0.05) is 38.3 Å². The number of nitrogens with zero attached hydrogens (tertiary/aromatic N) is 3. The van der Waals surface area contributed by atoms with Crippen LogP contribution in [0.4, 0.5) is 0 Å². The molecular formula is C17H27N5. The standard InChI is InChI=1S/C17H27N5/c1-2-3-4-7-11-19-17(18)20-12-8-13-22-14-21-15-9-5-6-10-16(15)22/h5-6,9-10,14H,2-4,7-8,11-13H2,1H3,(H3,18,19,20). The average Bonchev–Trinajstić information content (AvgIpc) is 2.95. The highest BCUT2D eigenvalue weighted by Gasteiger charge is 2.00. The predicted octanol–water partition coefficient (Wildman–Crippen LogP) is 2.91. The second-order valence-corrected chi connectivity index (χ2v) is 5.53. The molecule has 0 unspecified atom stereocenters. The highest BCUT2D eigenvalue weighted by atomic mass is 15.1. The number of rotatable bonds is 9. The molecule has 22 heavy (non-hydrogen) atoms. The third kappa shape index (κ3) is 5.06. The second kappa shape index (κ2) is 9.07. The molecule has 2 aromatic rings. The minimum atomic E-state index is 0.562. The lowest BCUT2D eigenvalue weighted by Gasteiger charge is -2.06. The van der Waals surface area contributed by atoms with E-state index in [1.54, 1.807) is 0 Å². The third-order valence-electron chi connectivity index (χ3n) is 3.70. The molecule has 0 spiro atoms. The van der Waals surface area contributed by atoms with E-state index in [9.17, 15) is 0 Å². The first-order chi connectivity index (χ1) is 10.8. The van der Waals surface area contributed by atoms with Gasteiger partial charge in [0.2, 0.25) is 0 Å². The predicted molar refractivity (Wildman–Crippen MR) is 93.0 cm³/mol. The Kier molecular flexibility index (Phi) is 6.74. The Morgan fingerprint density at radius 3 is 2.95 bits per heavy atom. The number of guanidine groups is 1.